The number of fused-ring (bicyclic) bond motifs is 1. The summed E-state index contributed by atoms with van der Waals surface area (Å²) in [5.41, 5.74) is 4.06. The van der Waals surface area contributed by atoms with Crippen LogP contribution >= 0.6 is 0 Å². The van der Waals surface area contributed by atoms with E-state index >= 15 is 0 Å². The minimum absolute atomic E-state index is 0.0965. The molecule has 2 amide bonds. The van der Waals surface area contributed by atoms with Gasteiger partial charge in [0, 0.05) is 25.6 Å². The van der Waals surface area contributed by atoms with Crippen LogP contribution < -0.4 is 5.32 Å². The highest BCUT2D eigenvalue weighted by Crippen LogP contribution is 2.25. The molecule has 1 N–H and O–H groups in total. The molecule has 0 saturated carbocycles. The molecule has 0 spiro atoms. The maximum atomic E-state index is 13.0. The minimum Gasteiger partial charge on any atom is -0.357 e. The number of hydrogen-bond acceptors (Lipinski definition) is 2. The van der Waals surface area contributed by atoms with Crippen molar-refractivity contribution >= 4 is 11.8 Å². The summed E-state index contributed by atoms with van der Waals surface area (Å²) in [6, 6.07) is 15.2. The Bertz CT molecular complexity index is 752. The number of nitrogens with one attached hydrogen (secondary N) is 1. The Hall–Kier alpha value is -2.62. The number of carbonyl (C=O) groups excluding carboxylic acids is 2. The predicted octanol–water partition coefficient (Wildman–Crippen LogP) is 2.56. The van der Waals surface area contributed by atoms with Crippen LogP contribution in [0.3, 0.4) is 0 Å². The van der Waals surface area contributed by atoms with Crippen molar-refractivity contribution in [2.75, 3.05) is 7.05 Å². The number of rotatable bonds is 3. The SMILES string of the molecule is CCc1ccc(C(=O)N2Cc3ccccc3CC2C(=O)NC)cc1. The molecule has 1 aliphatic heterocycles. The Kier molecular flexibility index (Phi) is 4.65. The Labute approximate surface area is 142 Å². The average Bonchev–Trinajstić information content (AvgIpc) is 2.65. The smallest absolute Gasteiger partial charge is 0.254 e. The molecular weight excluding hydrogens is 300 g/mol. The molecule has 3 rings (SSSR count). The van der Waals surface area contributed by atoms with E-state index in [4.69, 9.17) is 0 Å². The molecule has 0 radical (unpaired) electrons. The van der Waals surface area contributed by atoms with Gasteiger partial charge in [0.25, 0.3) is 5.91 Å². The third-order valence-corrected chi connectivity index (χ3v) is 4.67. The van der Waals surface area contributed by atoms with E-state index in [-0.39, 0.29) is 11.8 Å². The van der Waals surface area contributed by atoms with Crippen molar-refractivity contribution in [2.24, 2.45) is 0 Å². The van der Waals surface area contributed by atoms with E-state index in [1.807, 2.05) is 48.5 Å². The van der Waals surface area contributed by atoms with Crippen LogP contribution in [-0.2, 0) is 24.2 Å². The summed E-state index contributed by atoms with van der Waals surface area (Å²) in [7, 11) is 1.61. The van der Waals surface area contributed by atoms with Crippen molar-refractivity contribution < 1.29 is 9.59 Å². The summed E-state index contributed by atoms with van der Waals surface area (Å²) in [4.78, 5) is 27.0. The van der Waals surface area contributed by atoms with Gasteiger partial charge in [-0.1, -0.05) is 43.3 Å². The van der Waals surface area contributed by atoms with E-state index in [2.05, 4.69) is 12.2 Å². The Morgan fingerprint density at radius 3 is 2.38 bits per heavy atom. The molecule has 2 aromatic rings. The number of aryl methyl sites for hydroxylation is 1. The lowest BCUT2D eigenvalue weighted by molar-refractivity contribution is -0.125. The summed E-state index contributed by atoms with van der Waals surface area (Å²) < 4.78 is 0. The maximum Gasteiger partial charge on any atom is 0.254 e. The van der Waals surface area contributed by atoms with E-state index in [1.54, 1.807) is 11.9 Å². The molecule has 1 aliphatic rings. The fourth-order valence-electron chi connectivity index (χ4n) is 3.19. The van der Waals surface area contributed by atoms with Gasteiger partial charge in [-0.3, -0.25) is 9.59 Å². The monoisotopic (exact) mass is 322 g/mol. The fraction of sp³-hybridized carbons (Fsp3) is 0.300. The van der Waals surface area contributed by atoms with E-state index in [9.17, 15) is 9.59 Å². The highest BCUT2D eigenvalue weighted by atomic mass is 16.2. The van der Waals surface area contributed by atoms with Crippen molar-refractivity contribution in [3.05, 3.63) is 70.8 Å². The molecule has 0 aromatic heterocycles. The summed E-state index contributed by atoms with van der Waals surface area (Å²) >= 11 is 0. The number of amides is 2. The number of likely N-dealkylation sites (N-methyl/N-ethyl adjacent to an activating group) is 1. The van der Waals surface area contributed by atoms with Gasteiger partial charge in [-0.2, -0.15) is 0 Å². The first kappa shape index (κ1) is 16.2. The minimum atomic E-state index is -0.469. The lowest BCUT2D eigenvalue weighted by atomic mass is 9.92. The number of carbonyl (C=O) groups is 2. The largest absolute Gasteiger partial charge is 0.357 e. The third kappa shape index (κ3) is 3.04. The highest BCUT2D eigenvalue weighted by molar-refractivity contribution is 5.98. The van der Waals surface area contributed by atoms with Gasteiger partial charge in [-0.15, -0.1) is 0 Å². The zero-order valence-electron chi connectivity index (χ0n) is 14.1. The fourth-order valence-corrected chi connectivity index (χ4v) is 3.19. The molecule has 0 fully saturated rings. The number of benzene rings is 2. The van der Waals surface area contributed by atoms with E-state index in [1.165, 1.54) is 5.56 Å². The van der Waals surface area contributed by atoms with Gasteiger partial charge in [0.05, 0.1) is 0 Å². The first-order chi connectivity index (χ1) is 11.6. The molecule has 4 heteroatoms. The normalized spacial score (nSPS) is 16.4. The number of hydrogen-bond donors (Lipinski definition) is 1. The zero-order chi connectivity index (χ0) is 17.1. The first-order valence-electron chi connectivity index (χ1n) is 8.32. The lowest BCUT2D eigenvalue weighted by Crippen LogP contribution is -2.51. The van der Waals surface area contributed by atoms with Crippen LogP contribution in [0.5, 0.6) is 0 Å². The lowest BCUT2D eigenvalue weighted by Gasteiger charge is -2.35. The standard InChI is InChI=1S/C20H22N2O2/c1-3-14-8-10-15(11-9-14)20(24)22-13-17-7-5-4-6-16(17)12-18(22)19(23)21-2/h4-11,18H,3,12-13H2,1-2H3,(H,21,23). The van der Waals surface area contributed by atoms with Gasteiger partial charge >= 0.3 is 0 Å². The zero-order valence-corrected chi connectivity index (χ0v) is 14.1. The van der Waals surface area contributed by atoms with Gasteiger partial charge < -0.3 is 10.2 Å². The first-order valence-corrected chi connectivity index (χ1v) is 8.32. The van der Waals surface area contributed by atoms with Crippen LogP contribution in [0.2, 0.25) is 0 Å². The van der Waals surface area contributed by atoms with Gasteiger partial charge in [0.1, 0.15) is 6.04 Å². The van der Waals surface area contributed by atoms with Crippen LogP contribution in [0.4, 0.5) is 0 Å². The molecule has 1 atom stereocenters. The second-order valence-electron chi connectivity index (χ2n) is 6.09. The Morgan fingerprint density at radius 1 is 1.08 bits per heavy atom. The second kappa shape index (κ2) is 6.87. The maximum absolute atomic E-state index is 13.0. The molecule has 1 heterocycles. The summed E-state index contributed by atoms with van der Waals surface area (Å²) in [5, 5.41) is 2.69. The van der Waals surface area contributed by atoms with Crippen molar-refractivity contribution in [3.8, 4) is 0 Å². The molecule has 0 bridgehead atoms. The van der Waals surface area contributed by atoms with Crippen LogP contribution in [0.1, 0.15) is 34.0 Å². The van der Waals surface area contributed by atoms with Gasteiger partial charge in [-0.25, -0.2) is 0 Å². The molecule has 4 nitrogen and oxygen atoms in total. The molecule has 124 valence electrons. The molecule has 2 aromatic carbocycles. The molecule has 0 aliphatic carbocycles. The Morgan fingerprint density at radius 2 is 1.75 bits per heavy atom. The molecular formula is C20H22N2O2. The van der Waals surface area contributed by atoms with Crippen molar-refractivity contribution in [2.45, 2.75) is 32.4 Å². The topological polar surface area (TPSA) is 49.4 Å². The van der Waals surface area contributed by atoms with Crippen molar-refractivity contribution in [1.29, 1.82) is 0 Å². The molecule has 0 saturated heterocycles. The second-order valence-corrected chi connectivity index (χ2v) is 6.09. The van der Waals surface area contributed by atoms with E-state index < -0.39 is 6.04 Å². The van der Waals surface area contributed by atoms with E-state index in [0.717, 1.165) is 17.5 Å². The quantitative estimate of drug-likeness (QED) is 0.944. The summed E-state index contributed by atoms with van der Waals surface area (Å²) in [6.07, 6.45) is 1.49. The number of nitrogens with zero attached hydrogens (tertiary/aromatic N) is 1. The van der Waals surface area contributed by atoms with E-state index in [0.29, 0.717) is 18.5 Å². The third-order valence-electron chi connectivity index (χ3n) is 4.67. The Balaban J connectivity index is 1.93. The highest BCUT2D eigenvalue weighted by Gasteiger charge is 2.34. The van der Waals surface area contributed by atoms with Crippen LogP contribution in [0.25, 0.3) is 0 Å². The van der Waals surface area contributed by atoms with Crippen LogP contribution in [-0.4, -0.2) is 29.8 Å². The summed E-state index contributed by atoms with van der Waals surface area (Å²) in [5.74, 6) is -0.219. The van der Waals surface area contributed by atoms with Crippen molar-refractivity contribution in [1.82, 2.24) is 10.2 Å². The van der Waals surface area contributed by atoms with Crippen molar-refractivity contribution in [3.63, 3.8) is 0 Å². The van der Waals surface area contributed by atoms with Crippen LogP contribution in [0.15, 0.2) is 48.5 Å². The molecule has 1 unspecified atom stereocenters. The summed E-state index contributed by atoms with van der Waals surface area (Å²) in [6.45, 7) is 2.54. The predicted molar refractivity (Wildman–Crippen MR) is 93.7 cm³/mol. The van der Waals surface area contributed by atoms with Gasteiger partial charge in [0.2, 0.25) is 5.91 Å². The van der Waals surface area contributed by atoms with Gasteiger partial charge in [-0.05, 0) is 35.2 Å². The van der Waals surface area contributed by atoms with Gasteiger partial charge in [0.15, 0.2) is 0 Å². The molecule has 24 heavy (non-hydrogen) atoms. The van der Waals surface area contributed by atoms with Crippen LogP contribution in [0, 0.1) is 0 Å². The average molecular weight is 322 g/mol.